The average Bonchev–Trinajstić information content (AvgIpc) is 2.14. The van der Waals surface area contributed by atoms with Gasteiger partial charge in [-0.05, 0) is 31.5 Å². The fourth-order valence-electron chi connectivity index (χ4n) is 1.55. The van der Waals surface area contributed by atoms with Crippen LogP contribution in [0.3, 0.4) is 0 Å². The molecule has 0 saturated carbocycles. The topological polar surface area (TPSA) is 32.3 Å². The number of hydrogen-bond acceptors (Lipinski definition) is 2. The lowest BCUT2D eigenvalue weighted by Gasteiger charge is -2.12. The van der Waals surface area contributed by atoms with E-state index in [9.17, 15) is 13.2 Å². The molecule has 0 aromatic heterocycles. The van der Waals surface area contributed by atoms with Crippen molar-refractivity contribution < 1.29 is 18.3 Å². The summed E-state index contributed by atoms with van der Waals surface area (Å²) in [7, 11) is 0. The fourth-order valence-corrected chi connectivity index (χ4v) is 1.55. The largest absolute Gasteiger partial charge is 0.416 e. The van der Waals surface area contributed by atoms with Crippen molar-refractivity contribution in [2.75, 3.05) is 6.54 Å². The van der Waals surface area contributed by atoms with Gasteiger partial charge in [-0.2, -0.15) is 13.2 Å². The van der Waals surface area contributed by atoms with Crippen LogP contribution in [0.5, 0.6) is 0 Å². The minimum absolute atomic E-state index is 0.315. The van der Waals surface area contributed by atoms with Gasteiger partial charge in [0, 0.05) is 13.1 Å². The first-order chi connectivity index (χ1) is 7.79. The number of aliphatic hydroxyl groups excluding tert-OH is 1. The Hall–Kier alpha value is -1.07. The number of aryl methyl sites for hydroxylation is 1. The maximum absolute atomic E-state index is 12.5. The van der Waals surface area contributed by atoms with E-state index in [4.69, 9.17) is 5.11 Å². The van der Waals surface area contributed by atoms with E-state index in [1.54, 1.807) is 19.9 Å². The molecular weight excluding hydrogens is 231 g/mol. The molecule has 1 atom stereocenters. The molecule has 0 unspecified atom stereocenters. The third-order valence-corrected chi connectivity index (χ3v) is 2.23. The van der Waals surface area contributed by atoms with Crippen LogP contribution < -0.4 is 5.32 Å². The third-order valence-electron chi connectivity index (χ3n) is 2.23. The van der Waals surface area contributed by atoms with Crippen LogP contribution in [0.25, 0.3) is 0 Å². The van der Waals surface area contributed by atoms with Crippen molar-refractivity contribution >= 4 is 0 Å². The fraction of sp³-hybridized carbons (Fsp3) is 0.500. The quantitative estimate of drug-likeness (QED) is 0.856. The number of rotatable bonds is 4. The Labute approximate surface area is 98.5 Å². The van der Waals surface area contributed by atoms with Gasteiger partial charge in [0.15, 0.2) is 0 Å². The Balaban J connectivity index is 2.76. The van der Waals surface area contributed by atoms with Crippen molar-refractivity contribution in [2.24, 2.45) is 0 Å². The predicted molar refractivity (Wildman–Crippen MR) is 59.6 cm³/mol. The standard InChI is InChI=1S/C12H16F3NO/c1-8-3-10(7-16-6-9(2)17)5-11(4-8)12(13,14)15/h3-5,9,16-17H,6-7H2,1-2H3/t9-/m1/s1. The molecule has 2 nitrogen and oxygen atoms in total. The van der Waals surface area contributed by atoms with Gasteiger partial charge in [-0.25, -0.2) is 0 Å². The van der Waals surface area contributed by atoms with E-state index in [0.29, 0.717) is 24.2 Å². The van der Waals surface area contributed by atoms with E-state index >= 15 is 0 Å². The molecule has 0 spiro atoms. The highest BCUT2D eigenvalue weighted by Gasteiger charge is 2.30. The molecule has 2 N–H and O–H groups in total. The minimum atomic E-state index is -4.31. The summed E-state index contributed by atoms with van der Waals surface area (Å²) >= 11 is 0. The molecule has 96 valence electrons. The smallest absolute Gasteiger partial charge is 0.392 e. The van der Waals surface area contributed by atoms with Gasteiger partial charge in [-0.3, -0.25) is 0 Å². The minimum Gasteiger partial charge on any atom is -0.392 e. The molecule has 1 aromatic carbocycles. The second-order valence-electron chi connectivity index (χ2n) is 4.18. The van der Waals surface area contributed by atoms with Crippen molar-refractivity contribution in [1.82, 2.24) is 5.32 Å². The maximum Gasteiger partial charge on any atom is 0.416 e. The molecule has 0 radical (unpaired) electrons. The summed E-state index contributed by atoms with van der Waals surface area (Å²) in [4.78, 5) is 0. The van der Waals surface area contributed by atoms with Gasteiger partial charge < -0.3 is 10.4 Å². The Morgan fingerprint density at radius 3 is 2.47 bits per heavy atom. The normalized spacial score (nSPS) is 13.8. The van der Waals surface area contributed by atoms with Crippen LogP contribution in [0, 0.1) is 6.92 Å². The van der Waals surface area contributed by atoms with Gasteiger partial charge in [0.05, 0.1) is 11.7 Å². The first-order valence-corrected chi connectivity index (χ1v) is 5.35. The molecule has 1 rings (SSSR count). The highest BCUT2D eigenvalue weighted by atomic mass is 19.4. The van der Waals surface area contributed by atoms with Crippen molar-refractivity contribution in [3.8, 4) is 0 Å². The van der Waals surface area contributed by atoms with Crippen molar-refractivity contribution in [3.05, 3.63) is 34.9 Å². The summed E-state index contributed by atoms with van der Waals surface area (Å²) in [5.74, 6) is 0. The zero-order valence-corrected chi connectivity index (χ0v) is 9.80. The maximum atomic E-state index is 12.5. The Kier molecular flexibility index (Phi) is 4.54. The summed E-state index contributed by atoms with van der Waals surface area (Å²) in [6, 6.07) is 3.95. The van der Waals surface area contributed by atoms with Gasteiger partial charge in [0.25, 0.3) is 0 Å². The monoisotopic (exact) mass is 247 g/mol. The van der Waals surface area contributed by atoms with Gasteiger partial charge in [0.1, 0.15) is 0 Å². The molecule has 0 aliphatic heterocycles. The average molecular weight is 247 g/mol. The van der Waals surface area contributed by atoms with E-state index in [0.717, 1.165) is 12.1 Å². The van der Waals surface area contributed by atoms with Gasteiger partial charge >= 0.3 is 6.18 Å². The highest BCUT2D eigenvalue weighted by Crippen LogP contribution is 2.30. The Morgan fingerprint density at radius 2 is 1.94 bits per heavy atom. The van der Waals surface area contributed by atoms with Crippen LogP contribution in [0.4, 0.5) is 13.2 Å². The van der Waals surface area contributed by atoms with Crippen molar-refractivity contribution in [2.45, 2.75) is 32.7 Å². The summed E-state index contributed by atoms with van der Waals surface area (Å²) in [6.07, 6.45) is -4.83. The SMILES string of the molecule is Cc1cc(CNC[C@@H](C)O)cc(C(F)(F)F)c1. The number of benzene rings is 1. The van der Waals surface area contributed by atoms with E-state index in [-0.39, 0.29) is 0 Å². The number of aliphatic hydroxyl groups is 1. The van der Waals surface area contributed by atoms with Crippen LogP contribution in [0.15, 0.2) is 18.2 Å². The zero-order chi connectivity index (χ0) is 13.1. The zero-order valence-electron chi connectivity index (χ0n) is 9.80. The lowest BCUT2D eigenvalue weighted by Crippen LogP contribution is -2.24. The van der Waals surface area contributed by atoms with Gasteiger partial charge in [-0.15, -0.1) is 0 Å². The van der Waals surface area contributed by atoms with Crippen molar-refractivity contribution in [1.29, 1.82) is 0 Å². The van der Waals surface area contributed by atoms with E-state index in [2.05, 4.69) is 5.32 Å². The highest BCUT2D eigenvalue weighted by molar-refractivity contribution is 5.31. The third kappa shape index (κ3) is 4.75. The van der Waals surface area contributed by atoms with Gasteiger partial charge in [0.2, 0.25) is 0 Å². The molecule has 0 amide bonds. The molecule has 0 fully saturated rings. The lowest BCUT2D eigenvalue weighted by molar-refractivity contribution is -0.137. The summed E-state index contributed by atoms with van der Waals surface area (Å²) < 4.78 is 37.6. The lowest BCUT2D eigenvalue weighted by atomic mass is 10.1. The number of hydrogen-bond donors (Lipinski definition) is 2. The van der Waals surface area contributed by atoms with E-state index in [1.165, 1.54) is 0 Å². The second-order valence-corrected chi connectivity index (χ2v) is 4.18. The first-order valence-electron chi connectivity index (χ1n) is 5.35. The van der Waals surface area contributed by atoms with Crippen LogP contribution in [0.1, 0.15) is 23.6 Å². The molecule has 5 heteroatoms. The predicted octanol–water partition coefficient (Wildman–Crippen LogP) is 2.48. The molecule has 0 aliphatic carbocycles. The molecule has 0 aliphatic rings. The first kappa shape index (κ1) is 14.0. The Morgan fingerprint density at radius 1 is 1.29 bits per heavy atom. The van der Waals surface area contributed by atoms with Gasteiger partial charge in [-0.1, -0.05) is 11.6 Å². The summed E-state index contributed by atoms with van der Waals surface area (Å²) in [5, 5.41) is 11.9. The molecule has 0 heterocycles. The second kappa shape index (κ2) is 5.51. The summed E-state index contributed by atoms with van der Waals surface area (Å²) in [6.45, 7) is 3.92. The molecule has 17 heavy (non-hydrogen) atoms. The summed E-state index contributed by atoms with van der Waals surface area (Å²) in [5.41, 5.74) is 0.512. The van der Waals surface area contributed by atoms with E-state index < -0.39 is 17.8 Å². The number of nitrogens with one attached hydrogen (secondary N) is 1. The van der Waals surface area contributed by atoms with Crippen LogP contribution >= 0.6 is 0 Å². The molecular formula is C12H16F3NO. The van der Waals surface area contributed by atoms with Crippen molar-refractivity contribution in [3.63, 3.8) is 0 Å². The van der Waals surface area contributed by atoms with E-state index in [1.807, 2.05) is 0 Å². The Bertz CT molecular complexity index is 375. The number of halogens is 3. The van der Waals surface area contributed by atoms with Crippen LogP contribution in [0.2, 0.25) is 0 Å². The van der Waals surface area contributed by atoms with Crippen LogP contribution in [-0.4, -0.2) is 17.8 Å². The number of alkyl halides is 3. The molecule has 1 aromatic rings. The molecule has 0 bridgehead atoms. The molecule has 0 saturated heterocycles. The van der Waals surface area contributed by atoms with Crippen LogP contribution in [-0.2, 0) is 12.7 Å².